The van der Waals surface area contributed by atoms with Gasteiger partial charge in [0.25, 0.3) is 0 Å². The van der Waals surface area contributed by atoms with Crippen molar-refractivity contribution in [3.05, 3.63) is 40.9 Å². The van der Waals surface area contributed by atoms with E-state index in [9.17, 15) is 13.2 Å². The summed E-state index contributed by atoms with van der Waals surface area (Å²) in [4.78, 5) is 4.61. The molecule has 0 saturated carbocycles. The number of thiazole rings is 1. The van der Waals surface area contributed by atoms with E-state index >= 15 is 0 Å². The molecule has 112 valence electrons. The maximum absolute atomic E-state index is 12.6. The van der Waals surface area contributed by atoms with Crippen LogP contribution in [0.3, 0.4) is 0 Å². The van der Waals surface area contributed by atoms with Crippen molar-refractivity contribution in [3.63, 3.8) is 0 Å². The van der Waals surface area contributed by atoms with Crippen molar-refractivity contribution >= 4 is 11.3 Å². The molecule has 1 N–H and O–H groups in total. The summed E-state index contributed by atoms with van der Waals surface area (Å²) in [6.45, 7) is 2.00. The van der Waals surface area contributed by atoms with E-state index in [4.69, 9.17) is 0 Å². The quantitative estimate of drug-likeness (QED) is 0.894. The molecular weight excluding hydrogens is 297 g/mol. The van der Waals surface area contributed by atoms with Crippen molar-refractivity contribution in [2.75, 3.05) is 13.1 Å². The molecule has 0 unspecified atom stereocenters. The smallest absolute Gasteiger partial charge is 0.317 e. The average molecular weight is 312 g/mol. The summed E-state index contributed by atoms with van der Waals surface area (Å²) >= 11 is 1.50. The van der Waals surface area contributed by atoms with Crippen molar-refractivity contribution < 1.29 is 13.2 Å². The average Bonchev–Trinajstić information content (AvgIpc) is 2.97. The number of alkyl halides is 3. The first kappa shape index (κ1) is 14.5. The van der Waals surface area contributed by atoms with Gasteiger partial charge >= 0.3 is 6.18 Å². The number of hydrogen-bond donors (Lipinski definition) is 1. The molecular formula is C15H15F3N2S. The summed E-state index contributed by atoms with van der Waals surface area (Å²) in [5, 5.41) is 6.13. The van der Waals surface area contributed by atoms with Gasteiger partial charge in [-0.2, -0.15) is 13.2 Å². The topological polar surface area (TPSA) is 24.9 Å². The maximum Gasteiger partial charge on any atom is 0.416 e. The lowest BCUT2D eigenvalue weighted by atomic mass is 9.95. The maximum atomic E-state index is 12.6. The van der Waals surface area contributed by atoms with Gasteiger partial charge in [-0.05, 0) is 38.1 Å². The van der Waals surface area contributed by atoms with Gasteiger partial charge in [-0.3, -0.25) is 0 Å². The molecule has 1 fully saturated rings. The Kier molecular flexibility index (Phi) is 3.99. The number of benzene rings is 1. The Morgan fingerprint density at radius 3 is 2.38 bits per heavy atom. The normalized spacial score (nSPS) is 17.1. The fourth-order valence-corrected chi connectivity index (χ4v) is 3.43. The third-order valence-corrected chi connectivity index (χ3v) is 4.65. The lowest BCUT2D eigenvalue weighted by molar-refractivity contribution is -0.137. The minimum Gasteiger partial charge on any atom is -0.317 e. The molecule has 0 amide bonds. The van der Waals surface area contributed by atoms with Crippen LogP contribution in [0.1, 0.15) is 30.0 Å². The zero-order chi connectivity index (χ0) is 14.9. The standard InChI is InChI=1S/C15H15F3N2S/c16-15(17,18)12-3-1-11(2-4-12)14-20-13(9-21-14)10-5-7-19-8-6-10/h1-4,9-10,19H,5-8H2. The molecule has 1 saturated heterocycles. The fraction of sp³-hybridized carbons (Fsp3) is 0.400. The molecule has 1 aliphatic rings. The first-order chi connectivity index (χ1) is 10.0. The van der Waals surface area contributed by atoms with Crippen LogP contribution < -0.4 is 5.32 Å². The molecule has 0 radical (unpaired) electrons. The zero-order valence-corrected chi connectivity index (χ0v) is 12.1. The molecule has 0 bridgehead atoms. The van der Waals surface area contributed by atoms with Gasteiger partial charge in [0.15, 0.2) is 0 Å². The molecule has 0 aliphatic carbocycles. The number of piperidine rings is 1. The van der Waals surface area contributed by atoms with E-state index in [2.05, 4.69) is 10.3 Å². The number of rotatable bonds is 2. The van der Waals surface area contributed by atoms with Crippen LogP contribution in [-0.4, -0.2) is 18.1 Å². The molecule has 2 aromatic rings. The van der Waals surface area contributed by atoms with E-state index in [-0.39, 0.29) is 0 Å². The summed E-state index contributed by atoms with van der Waals surface area (Å²) in [6, 6.07) is 5.21. The number of halogens is 3. The SMILES string of the molecule is FC(F)(F)c1ccc(-c2nc(C3CCNCC3)cs2)cc1. The molecule has 21 heavy (non-hydrogen) atoms. The molecule has 2 heterocycles. The zero-order valence-electron chi connectivity index (χ0n) is 11.3. The van der Waals surface area contributed by atoms with Crippen molar-refractivity contribution in [3.8, 4) is 10.6 Å². The first-order valence-corrected chi connectivity index (χ1v) is 7.76. The molecule has 0 spiro atoms. The van der Waals surface area contributed by atoms with Gasteiger partial charge in [-0.15, -0.1) is 11.3 Å². The fourth-order valence-electron chi connectivity index (χ4n) is 2.53. The predicted molar refractivity (Wildman–Crippen MR) is 77.4 cm³/mol. The van der Waals surface area contributed by atoms with Crippen LogP contribution >= 0.6 is 11.3 Å². The Morgan fingerprint density at radius 2 is 1.76 bits per heavy atom. The van der Waals surface area contributed by atoms with Gasteiger partial charge in [0, 0.05) is 16.9 Å². The van der Waals surface area contributed by atoms with E-state index in [0.717, 1.165) is 54.3 Å². The minimum absolute atomic E-state index is 0.464. The molecule has 1 aliphatic heterocycles. The minimum atomic E-state index is -4.29. The van der Waals surface area contributed by atoms with Crippen molar-refractivity contribution in [2.45, 2.75) is 24.9 Å². The Hall–Kier alpha value is -1.40. The summed E-state index contributed by atoms with van der Waals surface area (Å²) in [7, 11) is 0. The second-order valence-electron chi connectivity index (χ2n) is 5.18. The van der Waals surface area contributed by atoms with Gasteiger partial charge < -0.3 is 5.32 Å². The summed E-state index contributed by atoms with van der Waals surface area (Å²) < 4.78 is 37.7. The van der Waals surface area contributed by atoms with Gasteiger partial charge in [-0.1, -0.05) is 12.1 Å². The van der Waals surface area contributed by atoms with Crippen LogP contribution in [-0.2, 0) is 6.18 Å². The van der Waals surface area contributed by atoms with Crippen LogP contribution in [0.2, 0.25) is 0 Å². The lowest BCUT2D eigenvalue weighted by Crippen LogP contribution is -2.26. The Morgan fingerprint density at radius 1 is 1.10 bits per heavy atom. The van der Waals surface area contributed by atoms with Crippen molar-refractivity contribution in [1.29, 1.82) is 0 Å². The van der Waals surface area contributed by atoms with Gasteiger partial charge in [0.05, 0.1) is 11.3 Å². The molecule has 2 nitrogen and oxygen atoms in total. The van der Waals surface area contributed by atoms with E-state index in [1.54, 1.807) is 0 Å². The number of nitrogens with one attached hydrogen (secondary N) is 1. The van der Waals surface area contributed by atoms with Crippen molar-refractivity contribution in [1.82, 2.24) is 10.3 Å². The van der Waals surface area contributed by atoms with E-state index in [0.29, 0.717) is 5.92 Å². The highest BCUT2D eigenvalue weighted by Gasteiger charge is 2.30. The molecule has 6 heteroatoms. The Bertz CT molecular complexity index is 598. The second-order valence-corrected chi connectivity index (χ2v) is 6.04. The highest BCUT2D eigenvalue weighted by molar-refractivity contribution is 7.13. The Labute approximate surface area is 125 Å². The molecule has 1 aromatic carbocycles. The van der Waals surface area contributed by atoms with Gasteiger partial charge in [-0.25, -0.2) is 4.98 Å². The van der Waals surface area contributed by atoms with Crippen LogP contribution in [0.15, 0.2) is 29.6 Å². The third kappa shape index (κ3) is 3.27. The van der Waals surface area contributed by atoms with Crippen LogP contribution in [0.25, 0.3) is 10.6 Å². The van der Waals surface area contributed by atoms with Gasteiger partial charge in [0.1, 0.15) is 5.01 Å². The summed E-state index contributed by atoms with van der Waals surface area (Å²) in [5.74, 6) is 0.464. The molecule has 1 aromatic heterocycles. The second kappa shape index (κ2) is 5.77. The third-order valence-electron chi connectivity index (χ3n) is 3.74. The molecule has 3 rings (SSSR count). The molecule has 0 atom stereocenters. The number of nitrogens with zero attached hydrogens (tertiary/aromatic N) is 1. The van der Waals surface area contributed by atoms with Crippen molar-refractivity contribution in [2.24, 2.45) is 0 Å². The highest BCUT2D eigenvalue weighted by Crippen LogP contribution is 2.33. The monoisotopic (exact) mass is 312 g/mol. The van der Waals surface area contributed by atoms with Crippen LogP contribution in [0.5, 0.6) is 0 Å². The summed E-state index contributed by atoms with van der Waals surface area (Å²) in [5.41, 5.74) is 1.19. The Balaban J connectivity index is 1.79. The number of aromatic nitrogens is 1. The summed E-state index contributed by atoms with van der Waals surface area (Å²) in [6.07, 6.45) is -2.16. The van der Waals surface area contributed by atoms with Crippen LogP contribution in [0.4, 0.5) is 13.2 Å². The lowest BCUT2D eigenvalue weighted by Gasteiger charge is -2.20. The highest BCUT2D eigenvalue weighted by atomic mass is 32.1. The van der Waals surface area contributed by atoms with E-state index in [1.165, 1.54) is 23.5 Å². The largest absolute Gasteiger partial charge is 0.416 e. The first-order valence-electron chi connectivity index (χ1n) is 6.88. The van der Waals surface area contributed by atoms with E-state index < -0.39 is 11.7 Å². The van der Waals surface area contributed by atoms with Gasteiger partial charge in [0.2, 0.25) is 0 Å². The number of hydrogen-bond acceptors (Lipinski definition) is 3. The van der Waals surface area contributed by atoms with E-state index in [1.807, 2.05) is 5.38 Å². The van der Waals surface area contributed by atoms with Crippen LogP contribution in [0, 0.1) is 0 Å². The predicted octanol–water partition coefficient (Wildman–Crippen LogP) is 4.30.